The topological polar surface area (TPSA) is 58.0 Å². The molecule has 90 valence electrons. The summed E-state index contributed by atoms with van der Waals surface area (Å²) < 4.78 is 13.8. The van der Waals surface area contributed by atoms with Crippen LogP contribution in [0.1, 0.15) is 26.5 Å². The van der Waals surface area contributed by atoms with E-state index in [0.717, 1.165) is 0 Å². The summed E-state index contributed by atoms with van der Waals surface area (Å²) in [4.78, 5) is 7.70. The fraction of sp³-hybridized carbons (Fsp3) is 0.636. The van der Waals surface area contributed by atoms with Gasteiger partial charge in [0.25, 0.3) is 0 Å². The highest BCUT2D eigenvalue weighted by Gasteiger charge is 2.16. The molecule has 1 unspecified atom stereocenters. The van der Waals surface area contributed by atoms with E-state index in [2.05, 4.69) is 15.3 Å². The van der Waals surface area contributed by atoms with E-state index in [9.17, 15) is 4.39 Å². The van der Waals surface area contributed by atoms with E-state index in [1.807, 2.05) is 20.8 Å². The summed E-state index contributed by atoms with van der Waals surface area (Å²) in [5.41, 5.74) is 0.387. The molecule has 0 spiro atoms. The summed E-state index contributed by atoms with van der Waals surface area (Å²) in [6.45, 7) is 5.69. The first-order valence-corrected chi connectivity index (χ1v) is 5.46. The molecule has 0 radical (unpaired) electrons. The smallest absolute Gasteiger partial charge is 0.186 e. The van der Waals surface area contributed by atoms with Crippen molar-refractivity contribution in [3.63, 3.8) is 0 Å². The predicted molar refractivity (Wildman–Crippen MR) is 60.7 cm³/mol. The van der Waals surface area contributed by atoms with Crippen LogP contribution < -0.4 is 5.32 Å². The summed E-state index contributed by atoms with van der Waals surface area (Å²) >= 11 is 0. The minimum Gasteiger partial charge on any atom is -0.394 e. The molecule has 4 nitrogen and oxygen atoms in total. The van der Waals surface area contributed by atoms with E-state index in [1.54, 1.807) is 0 Å². The second-order valence-electron chi connectivity index (χ2n) is 4.01. The third-order valence-corrected chi connectivity index (χ3v) is 2.52. The predicted octanol–water partition coefficient (Wildman–Crippen LogP) is 1.61. The molecule has 1 aromatic heterocycles. The van der Waals surface area contributed by atoms with Gasteiger partial charge in [-0.05, 0) is 12.3 Å². The molecule has 0 aliphatic carbocycles. The van der Waals surface area contributed by atoms with Gasteiger partial charge in [0.2, 0.25) is 0 Å². The van der Waals surface area contributed by atoms with Crippen LogP contribution in [0.3, 0.4) is 0 Å². The van der Waals surface area contributed by atoms with Crippen molar-refractivity contribution in [1.29, 1.82) is 0 Å². The third kappa shape index (κ3) is 2.88. The van der Waals surface area contributed by atoms with Gasteiger partial charge in [-0.1, -0.05) is 20.8 Å². The minimum absolute atomic E-state index is 0.0530. The summed E-state index contributed by atoms with van der Waals surface area (Å²) in [5.74, 6) is -0.0619. The zero-order valence-corrected chi connectivity index (χ0v) is 9.87. The lowest BCUT2D eigenvalue weighted by atomic mass is 10.1. The van der Waals surface area contributed by atoms with Crippen LogP contribution in [0.15, 0.2) is 6.33 Å². The van der Waals surface area contributed by atoms with E-state index in [-0.39, 0.29) is 24.4 Å². The molecule has 0 bridgehead atoms. The van der Waals surface area contributed by atoms with Crippen LogP contribution in [-0.2, 0) is 6.42 Å². The van der Waals surface area contributed by atoms with E-state index in [0.29, 0.717) is 12.1 Å². The van der Waals surface area contributed by atoms with E-state index < -0.39 is 5.82 Å². The summed E-state index contributed by atoms with van der Waals surface area (Å²) in [6, 6.07) is -0.200. The van der Waals surface area contributed by atoms with Crippen molar-refractivity contribution < 1.29 is 9.50 Å². The molecular formula is C11H18FN3O. The van der Waals surface area contributed by atoms with Gasteiger partial charge in [-0.25, -0.2) is 14.4 Å². The first-order chi connectivity index (χ1) is 7.60. The molecule has 16 heavy (non-hydrogen) atoms. The molecular weight excluding hydrogens is 209 g/mol. The van der Waals surface area contributed by atoms with Crippen molar-refractivity contribution in [3.8, 4) is 0 Å². The normalized spacial score (nSPS) is 12.9. The number of halogens is 1. The summed E-state index contributed by atoms with van der Waals surface area (Å²) in [5, 5.41) is 12.0. The highest BCUT2D eigenvalue weighted by Crippen LogP contribution is 2.16. The lowest BCUT2D eigenvalue weighted by Crippen LogP contribution is -2.30. The molecule has 0 fully saturated rings. The van der Waals surface area contributed by atoms with Gasteiger partial charge in [0, 0.05) is 0 Å². The zero-order chi connectivity index (χ0) is 12.1. The van der Waals surface area contributed by atoms with Crippen LogP contribution >= 0.6 is 0 Å². The van der Waals surface area contributed by atoms with Crippen molar-refractivity contribution in [2.24, 2.45) is 5.92 Å². The number of nitrogens with zero attached hydrogens (tertiary/aromatic N) is 2. The van der Waals surface area contributed by atoms with Gasteiger partial charge in [0.05, 0.1) is 18.3 Å². The zero-order valence-electron chi connectivity index (χ0n) is 9.87. The standard InChI is InChI=1S/C11H18FN3O/c1-4-8-10(12)11(14-6-13-8)15-9(5-16)7(2)3/h6-7,9,16H,4-5H2,1-3H3,(H,13,14,15). The Balaban J connectivity index is 2.88. The van der Waals surface area contributed by atoms with Gasteiger partial charge < -0.3 is 10.4 Å². The first kappa shape index (κ1) is 12.8. The Kier molecular flexibility index (Phi) is 4.61. The van der Waals surface area contributed by atoms with Crippen LogP contribution in [0.4, 0.5) is 10.2 Å². The van der Waals surface area contributed by atoms with Gasteiger partial charge in [-0.3, -0.25) is 0 Å². The Morgan fingerprint density at radius 3 is 2.62 bits per heavy atom. The SMILES string of the molecule is CCc1ncnc(NC(CO)C(C)C)c1F. The van der Waals surface area contributed by atoms with Crippen LogP contribution in [0, 0.1) is 11.7 Å². The van der Waals surface area contributed by atoms with Gasteiger partial charge in [0.1, 0.15) is 6.33 Å². The number of rotatable bonds is 5. The molecule has 0 aromatic carbocycles. The maximum absolute atomic E-state index is 13.8. The maximum Gasteiger partial charge on any atom is 0.186 e. The van der Waals surface area contributed by atoms with E-state index in [4.69, 9.17) is 5.11 Å². The Morgan fingerprint density at radius 1 is 1.44 bits per heavy atom. The molecule has 5 heteroatoms. The maximum atomic E-state index is 13.8. The minimum atomic E-state index is -0.427. The van der Waals surface area contributed by atoms with Crippen LogP contribution in [0.5, 0.6) is 0 Å². The molecule has 0 aliphatic rings. The largest absolute Gasteiger partial charge is 0.394 e. The Bertz CT molecular complexity index is 344. The van der Waals surface area contributed by atoms with E-state index >= 15 is 0 Å². The molecule has 0 saturated carbocycles. The lowest BCUT2D eigenvalue weighted by molar-refractivity contribution is 0.248. The second-order valence-corrected chi connectivity index (χ2v) is 4.01. The van der Waals surface area contributed by atoms with Crippen molar-refractivity contribution in [3.05, 3.63) is 17.8 Å². The quantitative estimate of drug-likeness (QED) is 0.802. The molecule has 1 aromatic rings. The van der Waals surface area contributed by atoms with Crippen LogP contribution in [0.25, 0.3) is 0 Å². The molecule has 0 aliphatic heterocycles. The number of anilines is 1. The Hall–Kier alpha value is -1.23. The molecule has 0 amide bonds. The first-order valence-electron chi connectivity index (χ1n) is 5.46. The third-order valence-electron chi connectivity index (χ3n) is 2.52. The Labute approximate surface area is 94.9 Å². The number of nitrogens with one attached hydrogen (secondary N) is 1. The number of hydrogen-bond acceptors (Lipinski definition) is 4. The molecule has 0 saturated heterocycles. The fourth-order valence-corrected chi connectivity index (χ4v) is 1.35. The van der Waals surface area contributed by atoms with Gasteiger partial charge in [0.15, 0.2) is 11.6 Å². The van der Waals surface area contributed by atoms with Crippen LogP contribution in [-0.4, -0.2) is 27.7 Å². The Morgan fingerprint density at radius 2 is 2.12 bits per heavy atom. The average Bonchev–Trinajstić information content (AvgIpc) is 2.27. The number of aryl methyl sites for hydroxylation is 1. The monoisotopic (exact) mass is 227 g/mol. The molecule has 2 N–H and O–H groups in total. The van der Waals surface area contributed by atoms with Gasteiger partial charge in [-0.15, -0.1) is 0 Å². The average molecular weight is 227 g/mol. The van der Waals surface area contributed by atoms with Crippen molar-refractivity contribution in [1.82, 2.24) is 9.97 Å². The molecule has 1 heterocycles. The van der Waals surface area contributed by atoms with Gasteiger partial charge >= 0.3 is 0 Å². The molecule has 1 atom stereocenters. The highest BCUT2D eigenvalue weighted by molar-refractivity contribution is 5.38. The summed E-state index contributed by atoms with van der Waals surface area (Å²) in [6.07, 6.45) is 1.85. The summed E-state index contributed by atoms with van der Waals surface area (Å²) in [7, 11) is 0. The van der Waals surface area contributed by atoms with E-state index in [1.165, 1.54) is 6.33 Å². The highest BCUT2D eigenvalue weighted by atomic mass is 19.1. The molecule has 1 rings (SSSR count). The number of aliphatic hydroxyl groups excluding tert-OH is 1. The lowest BCUT2D eigenvalue weighted by Gasteiger charge is -2.20. The number of aliphatic hydroxyl groups is 1. The van der Waals surface area contributed by atoms with Gasteiger partial charge in [-0.2, -0.15) is 0 Å². The van der Waals surface area contributed by atoms with Crippen molar-refractivity contribution >= 4 is 5.82 Å². The van der Waals surface area contributed by atoms with Crippen molar-refractivity contribution in [2.45, 2.75) is 33.2 Å². The van der Waals surface area contributed by atoms with Crippen molar-refractivity contribution in [2.75, 3.05) is 11.9 Å². The number of hydrogen-bond donors (Lipinski definition) is 2. The number of aromatic nitrogens is 2. The van der Waals surface area contributed by atoms with Crippen LogP contribution in [0.2, 0.25) is 0 Å². The second kappa shape index (κ2) is 5.75. The fourth-order valence-electron chi connectivity index (χ4n) is 1.35.